The van der Waals surface area contributed by atoms with Gasteiger partial charge in [-0.15, -0.1) is 0 Å². The van der Waals surface area contributed by atoms with Gasteiger partial charge in [0.05, 0.1) is 13.2 Å². The van der Waals surface area contributed by atoms with Crippen LogP contribution in [0.5, 0.6) is 0 Å². The second-order valence-corrected chi connectivity index (χ2v) is 3.23. The van der Waals surface area contributed by atoms with Crippen LogP contribution in [-0.2, 0) is 0 Å². The summed E-state index contributed by atoms with van der Waals surface area (Å²) in [5, 5.41) is 24.7. The zero-order valence-electron chi connectivity index (χ0n) is 8.21. The van der Waals surface area contributed by atoms with Crippen molar-refractivity contribution in [3.05, 3.63) is 35.9 Å². The highest BCUT2D eigenvalue weighted by Gasteiger charge is 2.06. The molecule has 0 atom stereocenters. The lowest BCUT2D eigenvalue weighted by atomic mass is 10.0. The van der Waals surface area contributed by atoms with Crippen LogP contribution >= 0.6 is 12.2 Å². The van der Waals surface area contributed by atoms with E-state index in [0.717, 1.165) is 5.56 Å². The van der Waals surface area contributed by atoms with Crippen LogP contribution in [0.25, 0.3) is 0 Å². The van der Waals surface area contributed by atoms with E-state index < -0.39 is 5.17 Å². The number of nitrogens with two attached hydrogens (primary N) is 1. The van der Waals surface area contributed by atoms with E-state index in [9.17, 15) is 0 Å². The number of aliphatic hydroxyl groups excluding tert-OH is 3. The maximum Gasteiger partial charge on any atom is 0.251 e. The topological polar surface area (TPSA) is 86.7 Å². The number of hydrogen-bond acceptors (Lipinski definition) is 3. The summed E-state index contributed by atoms with van der Waals surface area (Å²) >= 11 is 3.87. The van der Waals surface area contributed by atoms with E-state index in [1.54, 1.807) is 0 Å². The first kappa shape index (κ1) is 13.8. The van der Waals surface area contributed by atoms with E-state index >= 15 is 0 Å². The van der Waals surface area contributed by atoms with E-state index in [-0.39, 0.29) is 19.1 Å². The Bertz CT molecular complexity index is 271. The van der Waals surface area contributed by atoms with Crippen molar-refractivity contribution in [3.63, 3.8) is 0 Å². The van der Waals surface area contributed by atoms with Crippen molar-refractivity contribution in [3.8, 4) is 0 Å². The molecule has 0 aliphatic heterocycles. The minimum absolute atomic E-state index is 0.000509. The largest absolute Gasteiger partial charge is 0.487 e. The maximum atomic E-state index is 8.82. The summed E-state index contributed by atoms with van der Waals surface area (Å²) in [6.07, 6.45) is 0. The number of rotatable bonds is 3. The molecular formula is C10H15NO3S. The third-order valence-electron chi connectivity index (χ3n) is 1.71. The van der Waals surface area contributed by atoms with Crippen LogP contribution in [-0.4, -0.2) is 33.7 Å². The highest BCUT2D eigenvalue weighted by molar-refractivity contribution is 7.79. The molecule has 5 N–H and O–H groups in total. The number of benzene rings is 1. The van der Waals surface area contributed by atoms with Gasteiger partial charge >= 0.3 is 0 Å². The summed E-state index contributed by atoms with van der Waals surface area (Å²) in [4.78, 5) is 0. The molecule has 0 saturated heterocycles. The fourth-order valence-corrected chi connectivity index (χ4v) is 0.994. The number of hydrogen-bond donors (Lipinski definition) is 4. The van der Waals surface area contributed by atoms with Gasteiger partial charge in [-0.2, -0.15) is 0 Å². The van der Waals surface area contributed by atoms with Crippen molar-refractivity contribution in [2.24, 2.45) is 5.73 Å². The van der Waals surface area contributed by atoms with Gasteiger partial charge in [-0.3, -0.25) is 0 Å². The van der Waals surface area contributed by atoms with Crippen molar-refractivity contribution >= 4 is 17.4 Å². The molecule has 0 heterocycles. The van der Waals surface area contributed by atoms with E-state index in [1.165, 1.54) is 0 Å². The Morgan fingerprint density at radius 1 is 1.20 bits per heavy atom. The third kappa shape index (κ3) is 6.84. The monoisotopic (exact) mass is 229 g/mol. The van der Waals surface area contributed by atoms with Crippen molar-refractivity contribution in [1.82, 2.24) is 0 Å². The average molecular weight is 229 g/mol. The van der Waals surface area contributed by atoms with Gasteiger partial charge in [0.15, 0.2) is 0 Å². The molecule has 0 bridgehead atoms. The van der Waals surface area contributed by atoms with Crippen LogP contribution < -0.4 is 5.73 Å². The molecule has 0 saturated carbocycles. The van der Waals surface area contributed by atoms with Crippen LogP contribution in [0.15, 0.2) is 30.3 Å². The van der Waals surface area contributed by atoms with E-state index in [2.05, 4.69) is 18.0 Å². The van der Waals surface area contributed by atoms with Crippen molar-refractivity contribution in [1.29, 1.82) is 0 Å². The van der Waals surface area contributed by atoms with E-state index in [0.29, 0.717) is 0 Å². The molecule has 1 aromatic carbocycles. The van der Waals surface area contributed by atoms with Crippen LogP contribution in [0.1, 0.15) is 11.5 Å². The molecule has 0 aromatic heterocycles. The maximum absolute atomic E-state index is 8.82. The lowest BCUT2D eigenvalue weighted by Crippen LogP contribution is -2.08. The Labute approximate surface area is 94.0 Å². The third-order valence-corrected chi connectivity index (χ3v) is 1.71. The summed E-state index contributed by atoms with van der Waals surface area (Å²) in [5.74, 6) is -0.129. The van der Waals surface area contributed by atoms with Gasteiger partial charge in [0.2, 0.25) is 0 Å². The molecule has 0 amide bonds. The van der Waals surface area contributed by atoms with Gasteiger partial charge in [-0.1, -0.05) is 30.3 Å². The first-order valence-electron chi connectivity index (χ1n) is 4.36. The van der Waals surface area contributed by atoms with Crippen LogP contribution in [0, 0.1) is 0 Å². The summed E-state index contributed by atoms with van der Waals surface area (Å²) < 4.78 is 0. The Hall–Kier alpha value is -1.17. The molecule has 0 unspecified atom stereocenters. The fourth-order valence-electron chi connectivity index (χ4n) is 0.994. The lowest BCUT2D eigenvalue weighted by molar-refractivity contribution is 0.192. The first-order valence-corrected chi connectivity index (χ1v) is 4.77. The van der Waals surface area contributed by atoms with Crippen LogP contribution in [0.4, 0.5) is 0 Å². The minimum atomic E-state index is -0.500. The van der Waals surface area contributed by atoms with Crippen molar-refractivity contribution in [2.45, 2.75) is 5.92 Å². The second kappa shape index (κ2) is 8.16. The SMILES string of the molecule is NC(O)=S.OCC(CO)c1ccccc1. The molecule has 0 radical (unpaired) electrons. The van der Waals surface area contributed by atoms with E-state index in [4.69, 9.17) is 15.3 Å². The molecule has 1 rings (SSSR count). The molecule has 4 nitrogen and oxygen atoms in total. The average Bonchev–Trinajstić information content (AvgIpc) is 2.20. The number of thiocarbonyl (C=S) groups is 1. The predicted molar refractivity (Wildman–Crippen MR) is 62.8 cm³/mol. The molecule has 1 aromatic rings. The number of aliphatic hydroxyl groups is 3. The molecule has 0 aliphatic carbocycles. The van der Waals surface area contributed by atoms with Gasteiger partial charge in [-0.05, 0) is 17.8 Å². The summed E-state index contributed by atoms with van der Waals surface area (Å²) in [5.41, 5.74) is 5.38. The summed E-state index contributed by atoms with van der Waals surface area (Å²) in [6.45, 7) is 0.00102. The highest BCUT2D eigenvalue weighted by Crippen LogP contribution is 2.12. The fraction of sp³-hybridized carbons (Fsp3) is 0.300. The summed E-state index contributed by atoms with van der Waals surface area (Å²) in [7, 11) is 0. The van der Waals surface area contributed by atoms with Crippen molar-refractivity contribution in [2.75, 3.05) is 13.2 Å². The molecule has 0 spiro atoms. The Morgan fingerprint density at radius 3 is 1.93 bits per heavy atom. The van der Waals surface area contributed by atoms with Gasteiger partial charge in [0.1, 0.15) is 0 Å². The highest BCUT2D eigenvalue weighted by atomic mass is 32.1. The minimum Gasteiger partial charge on any atom is -0.487 e. The molecule has 5 heteroatoms. The van der Waals surface area contributed by atoms with Gasteiger partial charge < -0.3 is 21.1 Å². The second-order valence-electron chi connectivity index (χ2n) is 2.81. The van der Waals surface area contributed by atoms with Crippen LogP contribution in [0.3, 0.4) is 0 Å². The zero-order chi connectivity index (χ0) is 11.7. The predicted octanol–water partition coefficient (Wildman–Crippen LogP) is 0.543. The quantitative estimate of drug-likeness (QED) is 0.568. The molecular weight excluding hydrogens is 214 g/mol. The first-order chi connectivity index (χ1) is 7.11. The normalized spacial score (nSPS) is 9.27. The molecule has 0 fully saturated rings. The summed E-state index contributed by atoms with van der Waals surface area (Å²) in [6, 6.07) is 9.50. The molecule has 0 aliphatic rings. The molecule has 84 valence electrons. The lowest BCUT2D eigenvalue weighted by Gasteiger charge is -2.09. The van der Waals surface area contributed by atoms with E-state index in [1.807, 2.05) is 30.3 Å². The van der Waals surface area contributed by atoms with Gasteiger partial charge in [0, 0.05) is 5.92 Å². The smallest absolute Gasteiger partial charge is 0.251 e. The zero-order valence-corrected chi connectivity index (χ0v) is 9.02. The van der Waals surface area contributed by atoms with Gasteiger partial charge in [0.25, 0.3) is 5.17 Å². The van der Waals surface area contributed by atoms with Crippen molar-refractivity contribution < 1.29 is 15.3 Å². The van der Waals surface area contributed by atoms with Crippen LogP contribution in [0.2, 0.25) is 0 Å². The Balaban J connectivity index is 0.000000423. The Kier molecular flexibility index (Phi) is 7.53. The standard InChI is InChI=1S/C9H12O2.CH3NOS/c10-6-9(7-11)8-4-2-1-3-5-8;2-1(3)4/h1-5,9-11H,6-7H2;(H3,2,3,4). The Morgan fingerprint density at radius 2 is 1.60 bits per heavy atom. The van der Waals surface area contributed by atoms with Gasteiger partial charge in [-0.25, -0.2) is 0 Å². The molecule has 15 heavy (non-hydrogen) atoms.